The van der Waals surface area contributed by atoms with Crippen molar-refractivity contribution in [2.24, 2.45) is 50.2 Å². The van der Waals surface area contributed by atoms with Gasteiger partial charge in [-0.05, 0) is 116 Å². The van der Waals surface area contributed by atoms with E-state index in [1.165, 1.54) is 12.5 Å². The summed E-state index contributed by atoms with van der Waals surface area (Å²) in [5.74, 6) is -0.339. The topological polar surface area (TPSA) is 354 Å². The molecule has 22 nitrogen and oxygen atoms in total. The Labute approximate surface area is 444 Å². The quantitative estimate of drug-likeness (QED) is 0.0670. The molecule has 13 N–H and O–H groups in total. The highest BCUT2D eigenvalue weighted by molar-refractivity contribution is 5.79. The van der Waals surface area contributed by atoms with E-state index in [2.05, 4.69) is 54.5 Å². The standard InChI is InChI=1S/C54H88O22/c1-23-32(57)39(64)43(75-45-41(66)37(62)34(59)27(21-56)72-45)47(70-23)69-22-28-35(60)38(63)42(67)46(73-28)76-48(68)54-17-15-49(2,3)19-25(54)24-9-10-30-51(6)13-12-31(74-44-40(65)36(61)33(58)26(20-55)71-44)50(4,5)29(51)11-14-53(30,8)52(24,7)16-18-54/h9,23,25-47,55-67H,10-22H2,1-8H3. The van der Waals surface area contributed by atoms with E-state index in [1.54, 1.807) is 0 Å². The highest BCUT2D eigenvalue weighted by Crippen LogP contribution is 2.76. The SMILES string of the molecule is CC1OC(OCC2OC(OC(=O)C34CCC(C)(C)CC3C3=CCC5C6(C)CCC(OC7OC(CO)C(O)C(O)C7O)C(C)(C)C6CCC5(C)C3(C)CC4)C(O)C(O)C2O)C(OC2OC(CO)C(O)C(O)C2O)C(O)C1O. The van der Waals surface area contributed by atoms with Crippen molar-refractivity contribution in [2.75, 3.05) is 19.8 Å². The number of allylic oxidation sites excluding steroid dienone is 2. The Bertz CT molecular complexity index is 2090. The summed E-state index contributed by atoms with van der Waals surface area (Å²) in [6.45, 7) is 15.6. The number of aliphatic hydroxyl groups excluding tert-OH is 13. The minimum atomic E-state index is -1.87. The van der Waals surface area contributed by atoms with Crippen LogP contribution >= 0.6 is 0 Å². The van der Waals surface area contributed by atoms with Gasteiger partial charge in [0.25, 0.3) is 0 Å². The molecular weight excluding hydrogens is 1000 g/mol. The van der Waals surface area contributed by atoms with Crippen LogP contribution in [0.3, 0.4) is 0 Å². The first-order valence-corrected chi connectivity index (χ1v) is 27.7. The number of hydrogen-bond acceptors (Lipinski definition) is 22. The molecule has 0 aromatic heterocycles. The van der Waals surface area contributed by atoms with Gasteiger partial charge in [-0.15, -0.1) is 0 Å². The molecule has 76 heavy (non-hydrogen) atoms. The van der Waals surface area contributed by atoms with Crippen LogP contribution < -0.4 is 0 Å². The Morgan fingerprint density at radius 1 is 0.579 bits per heavy atom. The van der Waals surface area contributed by atoms with Gasteiger partial charge in [0.15, 0.2) is 18.9 Å². The van der Waals surface area contributed by atoms with Crippen LogP contribution in [0.1, 0.15) is 120 Å². The van der Waals surface area contributed by atoms with Gasteiger partial charge in [-0.1, -0.05) is 60.1 Å². The first-order chi connectivity index (χ1) is 35.5. The fourth-order valence-electron chi connectivity index (χ4n) is 16.4. The first kappa shape index (κ1) is 59.0. The lowest BCUT2D eigenvalue weighted by Crippen LogP contribution is -2.66. The number of hydrogen-bond donors (Lipinski definition) is 13. The summed E-state index contributed by atoms with van der Waals surface area (Å²) < 4.78 is 47.7. The molecule has 22 heteroatoms. The summed E-state index contributed by atoms with van der Waals surface area (Å²) in [4.78, 5) is 15.2. The van der Waals surface area contributed by atoms with E-state index in [0.29, 0.717) is 32.1 Å². The summed E-state index contributed by atoms with van der Waals surface area (Å²) >= 11 is 0. The fraction of sp³-hybridized carbons (Fsp3) is 0.944. The number of carbonyl (C=O) groups excluding carboxylic acids is 1. The van der Waals surface area contributed by atoms with Crippen LogP contribution in [0.4, 0.5) is 0 Å². The fourth-order valence-corrected chi connectivity index (χ4v) is 16.4. The van der Waals surface area contributed by atoms with Crippen LogP contribution in [0.15, 0.2) is 11.6 Å². The summed E-state index contributed by atoms with van der Waals surface area (Å²) in [5, 5.41) is 138. The van der Waals surface area contributed by atoms with Gasteiger partial charge in [0, 0.05) is 0 Å². The molecule has 0 amide bonds. The average molecular weight is 1090 g/mol. The molecule has 4 aliphatic heterocycles. The van der Waals surface area contributed by atoms with Crippen molar-refractivity contribution in [2.45, 2.75) is 249 Å². The predicted molar refractivity (Wildman–Crippen MR) is 261 cm³/mol. The van der Waals surface area contributed by atoms with Crippen LogP contribution in [0.25, 0.3) is 0 Å². The zero-order valence-electron chi connectivity index (χ0n) is 45.1. The smallest absolute Gasteiger partial charge is 0.315 e. The second-order valence-electron chi connectivity index (χ2n) is 26.3. The molecule has 8 fully saturated rings. The Kier molecular flexibility index (Phi) is 16.6. The lowest BCUT2D eigenvalue weighted by atomic mass is 9.33. The third-order valence-electron chi connectivity index (χ3n) is 21.4. The van der Waals surface area contributed by atoms with E-state index in [1.807, 2.05) is 0 Å². The highest BCUT2D eigenvalue weighted by Gasteiger charge is 2.70. The molecule has 4 saturated heterocycles. The number of fused-ring (bicyclic) bond motifs is 7. The zero-order chi connectivity index (χ0) is 55.6. The van der Waals surface area contributed by atoms with E-state index >= 15 is 4.79 Å². The number of aliphatic hydroxyl groups is 13. The van der Waals surface area contributed by atoms with Crippen molar-refractivity contribution in [3.8, 4) is 0 Å². The van der Waals surface area contributed by atoms with E-state index in [9.17, 15) is 66.4 Å². The monoisotopic (exact) mass is 1090 g/mol. The normalized spacial score (nSPS) is 54.0. The zero-order valence-corrected chi connectivity index (χ0v) is 45.1. The van der Waals surface area contributed by atoms with Gasteiger partial charge in [0.2, 0.25) is 6.29 Å². The molecule has 0 aromatic rings. The molecule has 0 bridgehead atoms. The predicted octanol–water partition coefficient (Wildman–Crippen LogP) is -1.01. The van der Waals surface area contributed by atoms with Gasteiger partial charge in [0.1, 0.15) is 91.6 Å². The van der Waals surface area contributed by atoms with Crippen LogP contribution in [-0.2, 0) is 42.7 Å². The summed E-state index contributed by atoms with van der Waals surface area (Å²) in [7, 11) is 0. The molecular formula is C54H88O22. The molecule has 0 aromatic carbocycles. The Morgan fingerprint density at radius 3 is 1.74 bits per heavy atom. The number of carbonyl (C=O) groups is 1. The van der Waals surface area contributed by atoms with E-state index < -0.39 is 154 Å². The van der Waals surface area contributed by atoms with Crippen molar-refractivity contribution < 1.29 is 109 Å². The van der Waals surface area contributed by atoms with Gasteiger partial charge < -0.3 is 104 Å². The molecule has 4 heterocycles. The van der Waals surface area contributed by atoms with Gasteiger partial charge in [-0.25, -0.2) is 0 Å². The maximum absolute atomic E-state index is 15.2. The number of rotatable bonds is 11. The second kappa shape index (κ2) is 21.3. The Balaban J connectivity index is 0.916. The maximum Gasteiger partial charge on any atom is 0.315 e. The van der Waals surface area contributed by atoms with Gasteiger partial charge in [-0.2, -0.15) is 0 Å². The minimum absolute atomic E-state index is 0.128. The highest BCUT2D eigenvalue weighted by atomic mass is 16.8. The molecule has 436 valence electrons. The van der Waals surface area contributed by atoms with Gasteiger partial charge in [0.05, 0.1) is 37.4 Å². The van der Waals surface area contributed by atoms with Crippen molar-refractivity contribution in [3.63, 3.8) is 0 Å². The van der Waals surface area contributed by atoms with E-state index in [0.717, 1.165) is 32.1 Å². The third kappa shape index (κ3) is 9.57. The number of esters is 1. The van der Waals surface area contributed by atoms with Crippen molar-refractivity contribution >= 4 is 5.97 Å². The molecule has 9 aliphatic rings. The minimum Gasteiger partial charge on any atom is -0.432 e. The lowest BCUT2D eigenvalue weighted by Gasteiger charge is -2.71. The van der Waals surface area contributed by atoms with Crippen LogP contribution in [-0.4, -0.2) is 221 Å². The summed E-state index contributed by atoms with van der Waals surface area (Å²) in [6, 6.07) is 0. The molecule has 9 rings (SSSR count). The third-order valence-corrected chi connectivity index (χ3v) is 21.4. The van der Waals surface area contributed by atoms with Gasteiger partial charge >= 0.3 is 5.97 Å². The second-order valence-corrected chi connectivity index (χ2v) is 26.3. The van der Waals surface area contributed by atoms with E-state index in [4.69, 9.17) is 37.9 Å². The van der Waals surface area contributed by atoms with Crippen LogP contribution in [0.2, 0.25) is 0 Å². The van der Waals surface area contributed by atoms with Crippen molar-refractivity contribution in [1.29, 1.82) is 0 Å². The molecule has 28 atom stereocenters. The average Bonchev–Trinajstić information content (AvgIpc) is 3.45. The summed E-state index contributed by atoms with van der Waals surface area (Å²) in [5.41, 5.74) is -0.906. The van der Waals surface area contributed by atoms with Crippen LogP contribution in [0, 0.1) is 50.2 Å². The van der Waals surface area contributed by atoms with Crippen molar-refractivity contribution in [3.05, 3.63) is 11.6 Å². The van der Waals surface area contributed by atoms with Crippen LogP contribution in [0.5, 0.6) is 0 Å². The largest absolute Gasteiger partial charge is 0.432 e. The van der Waals surface area contributed by atoms with Crippen molar-refractivity contribution in [1.82, 2.24) is 0 Å². The Hall–Kier alpha value is -1.59. The first-order valence-electron chi connectivity index (χ1n) is 27.7. The molecule has 0 spiro atoms. The number of ether oxygens (including phenoxy) is 8. The van der Waals surface area contributed by atoms with Gasteiger partial charge in [-0.3, -0.25) is 4.79 Å². The van der Waals surface area contributed by atoms with E-state index in [-0.39, 0.29) is 50.9 Å². The molecule has 5 aliphatic carbocycles. The maximum atomic E-state index is 15.2. The molecule has 0 radical (unpaired) electrons. The summed E-state index contributed by atoms with van der Waals surface area (Å²) in [6.07, 6.45) is -22.4. The molecule has 28 unspecified atom stereocenters. The molecule has 4 saturated carbocycles. The Morgan fingerprint density at radius 2 is 1.13 bits per heavy atom. The lowest BCUT2D eigenvalue weighted by molar-refractivity contribution is -0.370.